The third-order valence-corrected chi connectivity index (χ3v) is 7.68. The van der Waals surface area contributed by atoms with Crippen LogP contribution < -0.4 is 0 Å². The molecule has 0 bridgehead atoms. The molecule has 1 fully saturated rings. The third-order valence-electron chi connectivity index (χ3n) is 5.73. The van der Waals surface area contributed by atoms with Crippen LogP contribution in [0.25, 0.3) is 10.6 Å². The van der Waals surface area contributed by atoms with Crippen molar-refractivity contribution >= 4 is 34.4 Å². The van der Waals surface area contributed by atoms with Gasteiger partial charge in [-0.25, -0.2) is 9.97 Å². The van der Waals surface area contributed by atoms with E-state index in [1.54, 1.807) is 16.2 Å². The maximum Gasteiger partial charge on any atom is 0.225 e. The van der Waals surface area contributed by atoms with E-state index in [0.29, 0.717) is 13.0 Å². The summed E-state index contributed by atoms with van der Waals surface area (Å²) in [6.07, 6.45) is 0.933. The summed E-state index contributed by atoms with van der Waals surface area (Å²) in [6, 6.07) is 9.80. The van der Waals surface area contributed by atoms with E-state index >= 15 is 0 Å². The lowest BCUT2D eigenvalue weighted by Crippen LogP contribution is -2.43. The molecule has 1 aromatic carbocycles. The van der Waals surface area contributed by atoms with Crippen molar-refractivity contribution in [1.29, 1.82) is 0 Å². The molecule has 1 amide bonds. The normalized spacial score (nSPS) is 18.7. The molecular weight excluding hydrogens is 426 g/mol. The van der Waals surface area contributed by atoms with Gasteiger partial charge in [0.2, 0.25) is 5.91 Å². The van der Waals surface area contributed by atoms with Crippen molar-refractivity contribution in [2.75, 3.05) is 6.54 Å². The molecule has 3 heterocycles. The molecule has 0 saturated carbocycles. The zero-order valence-electron chi connectivity index (χ0n) is 18.3. The van der Waals surface area contributed by atoms with E-state index in [-0.39, 0.29) is 36.0 Å². The monoisotopic (exact) mass is 453 g/mol. The molecule has 7 heteroatoms. The van der Waals surface area contributed by atoms with Crippen LogP contribution in [0.4, 0.5) is 0 Å². The second kappa shape index (κ2) is 9.01. The summed E-state index contributed by atoms with van der Waals surface area (Å²) in [5.74, 6) is 0.180. The second-order valence-corrected chi connectivity index (χ2v) is 10.6. The molecule has 0 unspecified atom stereocenters. The summed E-state index contributed by atoms with van der Waals surface area (Å²) < 4.78 is 0. The predicted molar refractivity (Wildman–Crippen MR) is 126 cm³/mol. The first-order valence-corrected chi connectivity index (χ1v) is 12.3. The van der Waals surface area contributed by atoms with Crippen LogP contribution in [0.2, 0.25) is 0 Å². The largest absolute Gasteiger partial charge is 0.332 e. The lowest BCUT2D eigenvalue weighted by Gasteiger charge is -2.25. The number of aryl methyl sites for hydroxylation is 2. The van der Waals surface area contributed by atoms with Gasteiger partial charge >= 0.3 is 0 Å². The third kappa shape index (κ3) is 4.62. The van der Waals surface area contributed by atoms with Crippen LogP contribution in [0.3, 0.4) is 0 Å². The smallest absolute Gasteiger partial charge is 0.225 e. The summed E-state index contributed by atoms with van der Waals surface area (Å²) in [6.45, 7) is 8.36. The Labute approximate surface area is 191 Å². The zero-order valence-corrected chi connectivity index (χ0v) is 19.9. The first kappa shape index (κ1) is 21.8. The first-order valence-electron chi connectivity index (χ1n) is 10.6. The Kier molecular flexibility index (Phi) is 6.34. The van der Waals surface area contributed by atoms with Crippen molar-refractivity contribution in [3.63, 3.8) is 0 Å². The van der Waals surface area contributed by atoms with Gasteiger partial charge in [-0.3, -0.25) is 9.59 Å². The Hall–Kier alpha value is -2.38. The lowest BCUT2D eigenvalue weighted by atomic mass is 9.95. The molecule has 0 N–H and O–H groups in total. The molecule has 5 nitrogen and oxygen atoms in total. The molecule has 1 aliphatic rings. The van der Waals surface area contributed by atoms with Gasteiger partial charge in [0, 0.05) is 23.8 Å². The zero-order chi connectivity index (χ0) is 22.1. The average molecular weight is 454 g/mol. The highest BCUT2D eigenvalue weighted by atomic mass is 32.1. The van der Waals surface area contributed by atoms with Crippen molar-refractivity contribution in [3.8, 4) is 10.6 Å². The van der Waals surface area contributed by atoms with E-state index in [2.05, 4.69) is 17.1 Å². The van der Waals surface area contributed by atoms with E-state index in [9.17, 15) is 9.59 Å². The molecular formula is C24H27N3O2S2. The Bertz CT molecular complexity index is 1090. The van der Waals surface area contributed by atoms with E-state index < -0.39 is 0 Å². The Morgan fingerprint density at radius 3 is 2.55 bits per heavy atom. The molecule has 162 valence electrons. The quantitative estimate of drug-likeness (QED) is 0.525. The van der Waals surface area contributed by atoms with Crippen molar-refractivity contribution in [2.45, 2.75) is 52.5 Å². The average Bonchev–Trinajstić information content (AvgIpc) is 3.46. The molecule has 31 heavy (non-hydrogen) atoms. The molecule has 0 spiro atoms. The number of ketones is 1. The predicted octanol–water partition coefficient (Wildman–Crippen LogP) is 5.04. The van der Waals surface area contributed by atoms with Gasteiger partial charge in [-0.2, -0.15) is 0 Å². The van der Waals surface area contributed by atoms with Crippen LogP contribution in [0, 0.1) is 19.8 Å². The maximum atomic E-state index is 13.3. The van der Waals surface area contributed by atoms with Gasteiger partial charge in [0.1, 0.15) is 5.01 Å². The standard InChI is InChI=1S/C24H27N3O2S2/c1-14(2)24(29)27-12-18(17-8-6-5-7-9-17)10-20(27)21(28)11-22-26-19(13-30-22)23-15(3)25-16(4)31-23/h5-9,13-14,18,20H,10-12H2,1-4H3/t18-,20+/m1/s1. The van der Waals surface area contributed by atoms with Gasteiger partial charge in [0.05, 0.1) is 33.7 Å². The summed E-state index contributed by atoms with van der Waals surface area (Å²) in [7, 11) is 0. The van der Waals surface area contributed by atoms with Crippen molar-refractivity contribution < 1.29 is 9.59 Å². The number of likely N-dealkylation sites (tertiary alicyclic amines) is 1. The summed E-state index contributed by atoms with van der Waals surface area (Å²) in [5, 5.41) is 3.81. The number of carbonyl (C=O) groups excluding carboxylic acids is 2. The van der Waals surface area contributed by atoms with Gasteiger partial charge in [0.25, 0.3) is 0 Å². The van der Waals surface area contributed by atoms with E-state index in [0.717, 1.165) is 26.3 Å². The fourth-order valence-corrected chi connectivity index (χ4v) is 5.97. The highest BCUT2D eigenvalue weighted by Crippen LogP contribution is 2.35. The molecule has 4 rings (SSSR count). The summed E-state index contributed by atoms with van der Waals surface area (Å²) in [5.41, 5.74) is 3.05. The Balaban J connectivity index is 1.53. The number of Topliss-reactive ketones (excluding diaryl/α,β-unsaturated/α-hetero) is 1. The number of hydrogen-bond acceptors (Lipinski definition) is 6. The number of thiazole rings is 2. The Morgan fingerprint density at radius 2 is 1.90 bits per heavy atom. The van der Waals surface area contributed by atoms with Crippen LogP contribution in [0.15, 0.2) is 35.7 Å². The van der Waals surface area contributed by atoms with Gasteiger partial charge in [-0.15, -0.1) is 22.7 Å². The molecule has 0 radical (unpaired) electrons. The highest BCUT2D eigenvalue weighted by Gasteiger charge is 2.40. The number of amides is 1. The van der Waals surface area contributed by atoms with Crippen LogP contribution >= 0.6 is 22.7 Å². The van der Waals surface area contributed by atoms with Gasteiger partial charge in [0.15, 0.2) is 5.78 Å². The van der Waals surface area contributed by atoms with Gasteiger partial charge in [-0.05, 0) is 25.8 Å². The van der Waals surface area contributed by atoms with Crippen LogP contribution in [-0.4, -0.2) is 39.1 Å². The number of nitrogens with zero attached hydrogens (tertiary/aromatic N) is 3. The minimum absolute atomic E-state index is 0.0485. The van der Waals surface area contributed by atoms with Crippen molar-refractivity contribution in [3.05, 3.63) is 57.0 Å². The molecule has 1 aliphatic heterocycles. The van der Waals surface area contributed by atoms with Gasteiger partial charge < -0.3 is 4.90 Å². The van der Waals surface area contributed by atoms with E-state index in [1.165, 1.54) is 16.9 Å². The number of benzene rings is 1. The fraction of sp³-hybridized carbons (Fsp3) is 0.417. The molecule has 2 atom stereocenters. The molecule has 2 aromatic heterocycles. The molecule has 1 saturated heterocycles. The van der Waals surface area contributed by atoms with Crippen molar-refractivity contribution in [2.24, 2.45) is 5.92 Å². The maximum absolute atomic E-state index is 13.3. The number of rotatable bonds is 6. The number of hydrogen-bond donors (Lipinski definition) is 0. The fourth-order valence-electron chi connectivity index (χ4n) is 4.22. The molecule has 0 aliphatic carbocycles. The molecule has 3 aromatic rings. The highest BCUT2D eigenvalue weighted by molar-refractivity contribution is 7.16. The number of carbonyl (C=O) groups is 2. The van der Waals surface area contributed by atoms with Crippen LogP contribution in [0.1, 0.15) is 47.5 Å². The first-order chi connectivity index (χ1) is 14.8. The lowest BCUT2D eigenvalue weighted by molar-refractivity contribution is -0.139. The summed E-state index contributed by atoms with van der Waals surface area (Å²) >= 11 is 3.13. The van der Waals surface area contributed by atoms with Crippen LogP contribution in [0.5, 0.6) is 0 Å². The number of aromatic nitrogens is 2. The van der Waals surface area contributed by atoms with Gasteiger partial charge in [-0.1, -0.05) is 44.2 Å². The van der Waals surface area contributed by atoms with E-state index in [1.807, 2.05) is 51.3 Å². The van der Waals surface area contributed by atoms with Crippen LogP contribution in [-0.2, 0) is 16.0 Å². The second-order valence-electron chi connectivity index (χ2n) is 8.42. The Morgan fingerprint density at radius 1 is 1.16 bits per heavy atom. The summed E-state index contributed by atoms with van der Waals surface area (Å²) in [4.78, 5) is 38.2. The minimum atomic E-state index is -0.389. The SMILES string of the molecule is Cc1nc(C)c(-c2csc(CC(=O)[C@@H]3C[C@@H](c4ccccc4)CN3C(=O)C(C)C)n2)s1. The topological polar surface area (TPSA) is 63.2 Å². The van der Waals surface area contributed by atoms with Crippen molar-refractivity contribution in [1.82, 2.24) is 14.9 Å². The minimum Gasteiger partial charge on any atom is -0.332 e. The van der Waals surface area contributed by atoms with E-state index in [4.69, 9.17) is 4.98 Å².